The Kier molecular flexibility index (Phi) is 2.47. The van der Waals surface area contributed by atoms with E-state index < -0.39 is 0 Å². The fraction of sp³-hybridized carbons (Fsp3) is 0.857. The number of hydrogen-bond donors (Lipinski definition) is 0. The Labute approximate surface area is 108 Å². The lowest BCUT2D eigenvalue weighted by Crippen LogP contribution is -2.38. The van der Waals surface area contributed by atoms with Crippen molar-refractivity contribution in [1.29, 1.82) is 0 Å². The molecule has 1 saturated carbocycles. The summed E-state index contributed by atoms with van der Waals surface area (Å²) in [4.78, 5) is 7.26. The number of aromatic nitrogens is 2. The van der Waals surface area contributed by atoms with E-state index in [1.54, 1.807) is 0 Å². The summed E-state index contributed by atoms with van der Waals surface area (Å²) >= 11 is 0. The molecule has 2 aliphatic heterocycles. The van der Waals surface area contributed by atoms with Crippen molar-refractivity contribution < 1.29 is 4.52 Å². The minimum atomic E-state index is 0.478. The predicted molar refractivity (Wildman–Crippen MR) is 67.4 cm³/mol. The molecule has 0 radical (unpaired) electrons. The molecule has 4 nitrogen and oxygen atoms in total. The van der Waals surface area contributed by atoms with E-state index >= 15 is 0 Å². The highest BCUT2D eigenvalue weighted by Gasteiger charge is 2.38. The Morgan fingerprint density at radius 3 is 2.78 bits per heavy atom. The molecule has 3 unspecified atom stereocenters. The lowest BCUT2D eigenvalue weighted by Gasteiger charge is -2.33. The van der Waals surface area contributed by atoms with Crippen LogP contribution in [0.5, 0.6) is 0 Å². The molecule has 4 rings (SSSR count). The summed E-state index contributed by atoms with van der Waals surface area (Å²) in [5.41, 5.74) is 0. The van der Waals surface area contributed by atoms with Crippen LogP contribution in [0.4, 0.5) is 0 Å². The Bertz CT molecular complexity index is 440. The molecule has 0 spiro atoms. The van der Waals surface area contributed by atoms with Crippen LogP contribution in [0.3, 0.4) is 0 Å². The number of rotatable bonds is 2. The van der Waals surface area contributed by atoms with Gasteiger partial charge in [0.1, 0.15) is 0 Å². The van der Waals surface area contributed by atoms with Crippen LogP contribution >= 0.6 is 0 Å². The molecule has 0 amide bonds. The second-order valence-corrected chi connectivity index (χ2v) is 6.49. The number of fused-ring (bicyclic) bond motifs is 1. The lowest BCUT2D eigenvalue weighted by molar-refractivity contribution is 0.160. The van der Waals surface area contributed by atoms with Crippen molar-refractivity contribution in [2.45, 2.75) is 56.9 Å². The van der Waals surface area contributed by atoms with Crippen molar-refractivity contribution in [2.24, 2.45) is 5.92 Å². The summed E-state index contributed by atoms with van der Waals surface area (Å²) in [6.45, 7) is 4.75. The molecule has 0 bridgehead atoms. The first-order valence-corrected chi connectivity index (χ1v) is 7.37. The molecule has 1 aromatic rings. The van der Waals surface area contributed by atoms with Gasteiger partial charge in [-0.1, -0.05) is 12.1 Å². The van der Waals surface area contributed by atoms with Gasteiger partial charge >= 0.3 is 0 Å². The van der Waals surface area contributed by atoms with Gasteiger partial charge in [0, 0.05) is 25.0 Å². The Morgan fingerprint density at radius 1 is 1.11 bits per heavy atom. The van der Waals surface area contributed by atoms with E-state index in [9.17, 15) is 0 Å². The summed E-state index contributed by atoms with van der Waals surface area (Å²) in [6.07, 6.45) is 6.39. The van der Waals surface area contributed by atoms with Gasteiger partial charge in [-0.15, -0.1) is 0 Å². The maximum absolute atomic E-state index is 5.49. The van der Waals surface area contributed by atoms with Gasteiger partial charge in [0.15, 0.2) is 5.82 Å². The molecule has 0 aromatic carbocycles. The van der Waals surface area contributed by atoms with E-state index in [1.807, 2.05) is 0 Å². The van der Waals surface area contributed by atoms with E-state index in [4.69, 9.17) is 4.52 Å². The number of hydrogen-bond acceptors (Lipinski definition) is 4. The Balaban J connectivity index is 1.48. The van der Waals surface area contributed by atoms with Crippen molar-refractivity contribution >= 4 is 0 Å². The SMILES string of the molecule is CC1CC2CCC(c3nc(C4CC4)no3)CN2C1. The van der Waals surface area contributed by atoms with Crippen LogP contribution in [0.1, 0.15) is 62.6 Å². The molecule has 1 aliphatic carbocycles. The molecule has 1 aromatic heterocycles. The average Bonchev–Trinajstić information content (AvgIpc) is 2.97. The monoisotopic (exact) mass is 247 g/mol. The van der Waals surface area contributed by atoms with Gasteiger partial charge in [0.2, 0.25) is 5.89 Å². The van der Waals surface area contributed by atoms with Crippen LogP contribution < -0.4 is 0 Å². The van der Waals surface area contributed by atoms with Crippen LogP contribution in [0.25, 0.3) is 0 Å². The first-order chi connectivity index (χ1) is 8.79. The maximum atomic E-state index is 5.49. The number of nitrogens with zero attached hydrogens (tertiary/aromatic N) is 3. The Hall–Kier alpha value is -0.900. The van der Waals surface area contributed by atoms with E-state index in [2.05, 4.69) is 22.0 Å². The summed E-state index contributed by atoms with van der Waals surface area (Å²) in [7, 11) is 0. The molecular formula is C14H21N3O. The van der Waals surface area contributed by atoms with Crippen molar-refractivity contribution in [3.8, 4) is 0 Å². The lowest BCUT2D eigenvalue weighted by atomic mass is 9.92. The largest absolute Gasteiger partial charge is 0.339 e. The maximum Gasteiger partial charge on any atom is 0.231 e. The molecule has 0 N–H and O–H groups in total. The fourth-order valence-electron chi connectivity index (χ4n) is 3.65. The third-order valence-corrected chi connectivity index (χ3v) is 4.79. The van der Waals surface area contributed by atoms with Crippen LogP contribution in [0.2, 0.25) is 0 Å². The van der Waals surface area contributed by atoms with Crippen LogP contribution in [-0.2, 0) is 0 Å². The topological polar surface area (TPSA) is 42.2 Å². The van der Waals surface area contributed by atoms with E-state index in [0.717, 1.165) is 30.2 Å². The predicted octanol–water partition coefficient (Wildman–Crippen LogP) is 2.53. The van der Waals surface area contributed by atoms with Gasteiger partial charge in [0.05, 0.1) is 5.92 Å². The van der Waals surface area contributed by atoms with Gasteiger partial charge in [-0.3, -0.25) is 4.90 Å². The molecule has 2 saturated heterocycles. The molecule has 3 aliphatic rings. The first kappa shape index (κ1) is 11.0. The van der Waals surface area contributed by atoms with Crippen LogP contribution in [-0.4, -0.2) is 34.2 Å². The molecular weight excluding hydrogens is 226 g/mol. The third kappa shape index (κ3) is 1.87. The zero-order valence-electron chi connectivity index (χ0n) is 11.0. The van der Waals surface area contributed by atoms with Gasteiger partial charge in [-0.2, -0.15) is 4.98 Å². The molecule has 4 heteroatoms. The smallest absolute Gasteiger partial charge is 0.231 e. The molecule has 3 fully saturated rings. The number of piperidine rings is 1. The minimum Gasteiger partial charge on any atom is -0.339 e. The summed E-state index contributed by atoms with van der Waals surface area (Å²) in [6, 6.07) is 0.821. The van der Waals surface area contributed by atoms with E-state index in [1.165, 1.54) is 38.6 Å². The van der Waals surface area contributed by atoms with Crippen molar-refractivity contribution in [1.82, 2.24) is 15.0 Å². The van der Waals surface area contributed by atoms with Gasteiger partial charge in [-0.25, -0.2) is 0 Å². The van der Waals surface area contributed by atoms with Crippen LogP contribution in [0, 0.1) is 5.92 Å². The van der Waals surface area contributed by atoms with Crippen molar-refractivity contribution in [2.75, 3.05) is 13.1 Å². The summed E-state index contributed by atoms with van der Waals surface area (Å²) in [5.74, 6) is 3.80. The fourth-order valence-corrected chi connectivity index (χ4v) is 3.65. The van der Waals surface area contributed by atoms with Gasteiger partial charge < -0.3 is 4.52 Å². The van der Waals surface area contributed by atoms with Gasteiger partial charge in [-0.05, 0) is 38.0 Å². The third-order valence-electron chi connectivity index (χ3n) is 4.79. The van der Waals surface area contributed by atoms with Crippen LogP contribution in [0.15, 0.2) is 4.52 Å². The average molecular weight is 247 g/mol. The quantitative estimate of drug-likeness (QED) is 0.805. The molecule has 98 valence electrons. The second kappa shape index (κ2) is 4.05. The highest BCUT2D eigenvalue weighted by molar-refractivity contribution is 5.07. The summed E-state index contributed by atoms with van der Waals surface area (Å²) in [5, 5.41) is 4.15. The highest BCUT2D eigenvalue weighted by atomic mass is 16.5. The normalized spacial score (nSPS) is 36.8. The standard InChI is InChI=1S/C14H21N3O/c1-9-6-12-5-4-11(8-17(12)7-9)14-15-13(16-18-14)10-2-3-10/h9-12H,2-8H2,1H3. The van der Waals surface area contributed by atoms with E-state index in [0.29, 0.717) is 11.8 Å². The zero-order valence-corrected chi connectivity index (χ0v) is 11.0. The molecule has 3 heterocycles. The molecule has 18 heavy (non-hydrogen) atoms. The van der Waals surface area contributed by atoms with Crippen molar-refractivity contribution in [3.63, 3.8) is 0 Å². The minimum absolute atomic E-state index is 0.478. The summed E-state index contributed by atoms with van der Waals surface area (Å²) < 4.78 is 5.49. The van der Waals surface area contributed by atoms with Gasteiger partial charge in [0.25, 0.3) is 0 Å². The Morgan fingerprint density at radius 2 is 1.94 bits per heavy atom. The molecule has 3 atom stereocenters. The second-order valence-electron chi connectivity index (χ2n) is 6.49. The zero-order chi connectivity index (χ0) is 12.1. The van der Waals surface area contributed by atoms with E-state index in [-0.39, 0.29) is 0 Å². The first-order valence-electron chi connectivity index (χ1n) is 7.37. The highest BCUT2D eigenvalue weighted by Crippen LogP contribution is 2.40. The van der Waals surface area contributed by atoms with Crippen molar-refractivity contribution in [3.05, 3.63) is 11.7 Å².